The number of carbonyl (C=O) groups excluding carboxylic acids is 2. The molecule has 1 saturated heterocycles. The monoisotopic (exact) mass is 291 g/mol. The van der Waals surface area contributed by atoms with Crippen molar-refractivity contribution in [2.24, 2.45) is 11.3 Å². The fourth-order valence-corrected chi connectivity index (χ4v) is 2.70. The number of nitrogens with zero attached hydrogens (tertiary/aromatic N) is 1. The molecule has 1 unspecified atom stereocenters. The molecule has 0 aromatic heterocycles. The van der Waals surface area contributed by atoms with E-state index >= 15 is 0 Å². The summed E-state index contributed by atoms with van der Waals surface area (Å²) in [4.78, 5) is 26.5. The molecular weight excluding hydrogens is 269 g/mol. The standard InChI is InChI=1S/C17H22FNO2/c1-17(2,3)11-15(20)14-5-4-10-19(16(14)21)13-8-6-12(18)7-9-13/h6-9,14H,4-5,10-11H2,1-3H3. The maximum absolute atomic E-state index is 13.0. The summed E-state index contributed by atoms with van der Waals surface area (Å²) in [5.41, 5.74) is 0.546. The zero-order valence-electron chi connectivity index (χ0n) is 12.9. The minimum absolute atomic E-state index is 0.0133. The fourth-order valence-electron chi connectivity index (χ4n) is 2.70. The number of rotatable bonds is 3. The molecule has 0 radical (unpaired) electrons. The Morgan fingerprint density at radius 2 is 1.90 bits per heavy atom. The lowest BCUT2D eigenvalue weighted by atomic mass is 9.82. The Bertz CT molecular complexity index is 531. The Morgan fingerprint density at radius 3 is 2.48 bits per heavy atom. The Kier molecular flexibility index (Phi) is 4.45. The molecular formula is C17H22FNO2. The van der Waals surface area contributed by atoms with E-state index in [2.05, 4.69) is 0 Å². The summed E-state index contributed by atoms with van der Waals surface area (Å²) in [6.45, 7) is 6.57. The average molecular weight is 291 g/mol. The van der Waals surface area contributed by atoms with Gasteiger partial charge in [0, 0.05) is 18.7 Å². The first-order valence-electron chi connectivity index (χ1n) is 7.37. The number of piperidine rings is 1. The van der Waals surface area contributed by atoms with Gasteiger partial charge in [-0.1, -0.05) is 20.8 Å². The van der Waals surface area contributed by atoms with Crippen LogP contribution in [0.3, 0.4) is 0 Å². The number of hydrogen-bond acceptors (Lipinski definition) is 2. The minimum Gasteiger partial charge on any atom is -0.312 e. The van der Waals surface area contributed by atoms with Crippen molar-refractivity contribution in [3.8, 4) is 0 Å². The van der Waals surface area contributed by atoms with Crippen LogP contribution in [0.2, 0.25) is 0 Å². The molecule has 1 aliphatic heterocycles. The van der Waals surface area contributed by atoms with Crippen LogP contribution in [0.25, 0.3) is 0 Å². The molecule has 4 heteroatoms. The third-order valence-electron chi connectivity index (χ3n) is 3.67. The molecule has 1 heterocycles. The summed E-state index contributed by atoms with van der Waals surface area (Å²) in [5, 5.41) is 0. The van der Waals surface area contributed by atoms with Crippen LogP contribution in [0.5, 0.6) is 0 Å². The summed E-state index contributed by atoms with van der Waals surface area (Å²) in [7, 11) is 0. The number of amides is 1. The van der Waals surface area contributed by atoms with Crippen LogP contribution < -0.4 is 4.90 Å². The van der Waals surface area contributed by atoms with Gasteiger partial charge in [0.15, 0.2) is 0 Å². The first-order chi connectivity index (χ1) is 9.78. The SMILES string of the molecule is CC(C)(C)CC(=O)C1CCCN(c2ccc(F)cc2)C1=O. The third kappa shape index (κ3) is 3.90. The quantitative estimate of drug-likeness (QED) is 0.798. The number of Topliss-reactive ketones (excluding diaryl/α,β-unsaturated/α-hetero) is 1. The molecule has 0 spiro atoms. The average Bonchev–Trinajstić information content (AvgIpc) is 2.38. The van der Waals surface area contributed by atoms with E-state index in [1.54, 1.807) is 17.0 Å². The van der Waals surface area contributed by atoms with Crippen molar-refractivity contribution in [2.75, 3.05) is 11.4 Å². The maximum atomic E-state index is 13.0. The molecule has 0 N–H and O–H groups in total. The molecule has 21 heavy (non-hydrogen) atoms. The predicted octanol–water partition coefficient (Wildman–Crippen LogP) is 3.57. The van der Waals surface area contributed by atoms with Gasteiger partial charge in [-0.05, 0) is 42.5 Å². The largest absolute Gasteiger partial charge is 0.312 e. The van der Waals surface area contributed by atoms with Gasteiger partial charge in [0.05, 0.1) is 5.92 Å². The van der Waals surface area contributed by atoms with Crippen LogP contribution in [0, 0.1) is 17.2 Å². The van der Waals surface area contributed by atoms with Gasteiger partial charge in [-0.15, -0.1) is 0 Å². The van der Waals surface area contributed by atoms with Gasteiger partial charge in [-0.3, -0.25) is 9.59 Å². The van der Waals surface area contributed by atoms with Crippen LogP contribution in [0.4, 0.5) is 10.1 Å². The van der Waals surface area contributed by atoms with Crippen LogP contribution in [0.1, 0.15) is 40.0 Å². The highest BCUT2D eigenvalue weighted by Crippen LogP contribution is 2.29. The Balaban J connectivity index is 2.14. The molecule has 1 aliphatic rings. The predicted molar refractivity (Wildman–Crippen MR) is 80.6 cm³/mol. The van der Waals surface area contributed by atoms with Crippen molar-refractivity contribution >= 4 is 17.4 Å². The second-order valence-electron chi connectivity index (χ2n) is 6.86. The van der Waals surface area contributed by atoms with Gasteiger partial charge in [0.1, 0.15) is 11.6 Å². The van der Waals surface area contributed by atoms with Crippen LogP contribution >= 0.6 is 0 Å². The van der Waals surface area contributed by atoms with E-state index in [4.69, 9.17) is 0 Å². The minimum atomic E-state index is -0.553. The van der Waals surface area contributed by atoms with E-state index in [1.165, 1.54) is 12.1 Å². The first-order valence-corrected chi connectivity index (χ1v) is 7.37. The summed E-state index contributed by atoms with van der Waals surface area (Å²) < 4.78 is 13.0. The highest BCUT2D eigenvalue weighted by molar-refractivity contribution is 6.09. The highest BCUT2D eigenvalue weighted by Gasteiger charge is 2.35. The Hall–Kier alpha value is -1.71. The third-order valence-corrected chi connectivity index (χ3v) is 3.67. The Morgan fingerprint density at radius 1 is 1.29 bits per heavy atom. The fraction of sp³-hybridized carbons (Fsp3) is 0.529. The number of anilines is 1. The zero-order chi connectivity index (χ0) is 15.6. The molecule has 0 saturated carbocycles. The van der Waals surface area contributed by atoms with Gasteiger partial charge in [0.2, 0.25) is 5.91 Å². The molecule has 3 nitrogen and oxygen atoms in total. The van der Waals surface area contributed by atoms with E-state index in [9.17, 15) is 14.0 Å². The molecule has 0 bridgehead atoms. The van der Waals surface area contributed by atoms with Crippen molar-refractivity contribution in [1.29, 1.82) is 0 Å². The van der Waals surface area contributed by atoms with E-state index in [0.29, 0.717) is 25.1 Å². The molecule has 114 valence electrons. The summed E-state index contributed by atoms with van der Waals surface area (Å²) in [6.07, 6.45) is 1.82. The van der Waals surface area contributed by atoms with Crippen molar-refractivity contribution < 1.29 is 14.0 Å². The first kappa shape index (κ1) is 15.7. The molecule has 1 amide bonds. The molecule has 2 rings (SSSR count). The van der Waals surface area contributed by atoms with Gasteiger partial charge >= 0.3 is 0 Å². The van der Waals surface area contributed by atoms with E-state index in [1.807, 2.05) is 20.8 Å². The molecule has 1 atom stereocenters. The van der Waals surface area contributed by atoms with E-state index < -0.39 is 5.92 Å². The highest BCUT2D eigenvalue weighted by atomic mass is 19.1. The summed E-state index contributed by atoms with van der Waals surface area (Å²) in [6, 6.07) is 5.85. The van der Waals surface area contributed by atoms with Gasteiger partial charge in [-0.2, -0.15) is 0 Å². The number of carbonyl (C=O) groups is 2. The number of benzene rings is 1. The zero-order valence-corrected chi connectivity index (χ0v) is 12.9. The molecule has 1 aromatic rings. The van der Waals surface area contributed by atoms with Crippen LogP contribution in [0.15, 0.2) is 24.3 Å². The number of hydrogen-bond donors (Lipinski definition) is 0. The van der Waals surface area contributed by atoms with Gasteiger partial charge in [-0.25, -0.2) is 4.39 Å². The lowest BCUT2D eigenvalue weighted by molar-refractivity contribution is -0.134. The lowest BCUT2D eigenvalue weighted by Crippen LogP contribution is -2.45. The van der Waals surface area contributed by atoms with Gasteiger partial charge < -0.3 is 4.90 Å². The van der Waals surface area contributed by atoms with Crippen molar-refractivity contribution in [2.45, 2.75) is 40.0 Å². The molecule has 0 aliphatic carbocycles. The summed E-state index contributed by atoms with van der Waals surface area (Å²) >= 11 is 0. The molecule has 1 fully saturated rings. The second-order valence-corrected chi connectivity index (χ2v) is 6.86. The summed E-state index contributed by atoms with van der Waals surface area (Å²) in [5.74, 6) is -1.02. The number of ketones is 1. The Labute approximate surface area is 125 Å². The lowest BCUT2D eigenvalue weighted by Gasteiger charge is -2.32. The van der Waals surface area contributed by atoms with Crippen molar-refractivity contribution in [1.82, 2.24) is 0 Å². The van der Waals surface area contributed by atoms with Crippen LogP contribution in [-0.4, -0.2) is 18.2 Å². The van der Waals surface area contributed by atoms with Crippen LogP contribution in [-0.2, 0) is 9.59 Å². The van der Waals surface area contributed by atoms with E-state index in [-0.39, 0.29) is 22.9 Å². The maximum Gasteiger partial charge on any atom is 0.237 e. The normalized spacial score (nSPS) is 19.7. The molecule has 1 aromatic carbocycles. The second kappa shape index (κ2) is 5.96. The van der Waals surface area contributed by atoms with Crippen molar-refractivity contribution in [3.05, 3.63) is 30.1 Å². The topological polar surface area (TPSA) is 37.4 Å². The smallest absolute Gasteiger partial charge is 0.237 e. The number of halogens is 1. The van der Waals surface area contributed by atoms with Crippen molar-refractivity contribution in [3.63, 3.8) is 0 Å². The van der Waals surface area contributed by atoms with E-state index in [0.717, 1.165) is 6.42 Å². The van der Waals surface area contributed by atoms with Gasteiger partial charge in [0.25, 0.3) is 0 Å².